The summed E-state index contributed by atoms with van der Waals surface area (Å²) in [6.07, 6.45) is 6.40. The van der Waals surface area contributed by atoms with E-state index in [1.54, 1.807) is 5.51 Å². The Labute approximate surface area is 153 Å². The lowest BCUT2D eigenvalue weighted by atomic mass is 9.85. The molecule has 1 fully saturated rings. The number of thiazole rings is 1. The molecule has 2 aromatic rings. The lowest BCUT2D eigenvalue weighted by molar-refractivity contribution is 0.0591. The maximum Gasteiger partial charge on any atom is 0.265 e. The van der Waals surface area contributed by atoms with Crippen molar-refractivity contribution in [1.82, 2.24) is 24.6 Å². The summed E-state index contributed by atoms with van der Waals surface area (Å²) in [6, 6.07) is 0.324. The Morgan fingerprint density at radius 3 is 2.88 bits per heavy atom. The van der Waals surface area contributed by atoms with Crippen molar-refractivity contribution in [3.63, 3.8) is 0 Å². The number of piperidine rings is 1. The minimum atomic E-state index is 0.0820. The summed E-state index contributed by atoms with van der Waals surface area (Å²) < 4.78 is 1.87. The van der Waals surface area contributed by atoms with Crippen LogP contribution < -0.4 is 0 Å². The summed E-state index contributed by atoms with van der Waals surface area (Å²) >= 11 is 1.43. The number of aryl methyl sites for hydroxylation is 2. The molecule has 0 bridgehead atoms. The zero-order chi connectivity index (χ0) is 18.0. The van der Waals surface area contributed by atoms with Crippen LogP contribution in [0.2, 0.25) is 0 Å². The third-order valence-electron chi connectivity index (χ3n) is 5.13. The molecule has 2 aromatic heterocycles. The molecule has 1 amide bonds. The van der Waals surface area contributed by atoms with Gasteiger partial charge in [0.25, 0.3) is 5.91 Å². The number of carbonyl (C=O) groups excluding carboxylic acids is 1. The number of hydrogen-bond donors (Lipinski definition) is 0. The Bertz CT molecular complexity index is 725. The van der Waals surface area contributed by atoms with Gasteiger partial charge in [0.1, 0.15) is 4.88 Å². The van der Waals surface area contributed by atoms with Gasteiger partial charge < -0.3 is 4.90 Å². The third-order valence-corrected chi connectivity index (χ3v) is 6.04. The van der Waals surface area contributed by atoms with Crippen molar-refractivity contribution >= 4 is 17.2 Å². The van der Waals surface area contributed by atoms with E-state index in [0.29, 0.717) is 12.0 Å². The zero-order valence-corrected chi connectivity index (χ0v) is 16.3. The van der Waals surface area contributed by atoms with Crippen LogP contribution in [0.15, 0.2) is 17.9 Å². The number of aromatic nitrogens is 3. The van der Waals surface area contributed by atoms with Crippen molar-refractivity contribution in [2.24, 2.45) is 13.0 Å². The SMILES string of the molecule is CCN1CCC[C@@H](CN(C)C(=O)c2scnc2C)[C@@H]1c1cnn(C)c1. The van der Waals surface area contributed by atoms with E-state index in [1.165, 1.54) is 23.3 Å². The maximum absolute atomic E-state index is 12.8. The minimum Gasteiger partial charge on any atom is -0.341 e. The van der Waals surface area contributed by atoms with Gasteiger partial charge in [-0.25, -0.2) is 4.98 Å². The van der Waals surface area contributed by atoms with Crippen molar-refractivity contribution in [2.75, 3.05) is 26.7 Å². The van der Waals surface area contributed by atoms with Gasteiger partial charge in [0, 0.05) is 38.4 Å². The van der Waals surface area contributed by atoms with Crippen LogP contribution in [-0.2, 0) is 7.05 Å². The highest BCUT2D eigenvalue weighted by Crippen LogP contribution is 2.36. The molecule has 136 valence electrons. The van der Waals surface area contributed by atoms with E-state index in [2.05, 4.69) is 28.1 Å². The predicted molar refractivity (Wildman–Crippen MR) is 99.7 cm³/mol. The average molecular weight is 362 g/mol. The Kier molecular flexibility index (Phi) is 5.54. The van der Waals surface area contributed by atoms with Crippen LogP contribution in [-0.4, -0.2) is 57.2 Å². The van der Waals surface area contributed by atoms with Crippen LogP contribution in [0, 0.1) is 12.8 Å². The van der Waals surface area contributed by atoms with Crippen LogP contribution in [0.1, 0.15) is 46.7 Å². The summed E-state index contributed by atoms with van der Waals surface area (Å²) in [5, 5.41) is 4.36. The maximum atomic E-state index is 12.8. The van der Waals surface area contributed by atoms with Gasteiger partial charge in [0.15, 0.2) is 0 Å². The molecule has 0 saturated carbocycles. The second kappa shape index (κ2) is 7.66. The molecule has 7 heteroatoms. The quantitative estimate of drug-likeness (QED) is 0.822. The first-order valence-corrected chi connectivity index (χ1v) is 9.77. The highest BCUT2D eigenvalue weighted by atomic mass is 32.1. The summed E-state index contributed by atoms with van der Waals surface area (Å²) in [5.74, 6) is 0.499. The summed E-state index contributed by atoms with van der Waals surface area (Å²) in [5.41, 5.74) is 3.82. The highest BCUT2D eigenvalue weighted by Gasteiger charge is 2.34. The van der Waals surface area contributed by atoms with Gasteiger partial charge in [-0.3, -0.25) is 14.4 Å². The summed E-state index contributed by atoms with van der Waals surface area (Å²) in [7, 11) is 3.87. The molecule has 25 heavy (non-hydrogen) atoms. The van der Waals surface area contributed by atoms with Crippen molar-refractivity contribution < 1.29 is 4.79 Å². The fraction of sp³-hybridized carbons (Fsp3) is 0.611. The van der Waals surface area contributed by atoms with Gasteiger partial charge in [-0.1, -0.05) is 6.92 Å². The fourth-order valence-corrected chi connectivity index (χ4v) is 4.68. The number of carbonyl (C=O) groups is 1. The van der Waals surface area contributed by atoms with Gasteiger partial charge in [0.05, 0.1) is 17.4 Å². The van der Waals surface area contributed by atoms with Crippen LogP contribution in [0.25, 0.3) is 0 Å². The molecule has 2 atom stereocenters. The van der Waals surface area contributed by atoms with Crippen LogP contribution in [0.5, 0.6) is 0 Å². The summed E-state index contributed by atoms with van der Waals surface area (Å²) in [6.45, 7) is 6.99. The molecule has 0 aromatic carbocycles. The van der Waals surface area contributed by atoms with Gasteiger partial charge in [-0.2, -0.15) is 5.10 Å². The predicted octanol–water partition coefficient (Wildman–Crippen LogP) is 2.73. The highest BCUT2D eigenvalue weighted by molar-refractivity contribution is 7.11. The molecule has 1 aliphatic rings. The van der Waals surface area contributed by atoms with E-state index >= 15 is 0 Å². The average Bonchev–Trinajstić information content (AvgIpc) is 3.22. The smallest absolute Gasteiger partial charge is 0.265 e. The molecular weight excluding hydrogens is 334 g/mol. The summed E-state index contributed by atoms with van der Waals surface area (Å²) in [4.78, 5) is 22.1. The monoisotopic (exact) mass is 361 g/mol. The third kappa shape index (κ3) is 3.77. The Morgan fingerprint density at radius 1 is 1.48 bits per heavy atom. The van der Waals surface area contributed by atoms with E-state index in [1.807, 2.05) is 36.8 Å². The Balaban J connectivity index is 1.78. The number of hydrogen-bond acceptors (Lipinski definition) is 5. The van der Waals surface area contributed by atoms with Gasteiger partial charge in [0.2, 0.25) is 0 Å². The van der Waals surface area contributed by atoms with E-state index < -0.39 is 0 Å². The molecule has 1 aliphatic heterocycles. The zero-order valence-electron chi connectivity index (χ0n) is 15.5. The second-order valence-electron chi connectivity index (χ2n) is 6.88. The number of rotatable bonds is 5. The molecule has 1 saturated heterocycles. The van der Waals surface area contributed by atoms with Crippen molar-refractivity contribution in [1.29, 1.82) is 0 Å². The molecule has 0 N–H and O–H groups in total. The first-order chi connectivity index (χ1) is 12.0. The lowest BCUT2D eigenvalue weighted by Gasteiger charge is -2.42. The van der Waals surface area contributed by atoms with Crippen LogP contribution in [0.3, 0.4) is 0 Å². The van der Waals surface area contributed by atoms with Gasteiger partial charge >= 0.3 is 0 Å². The number of nitrogens with zero attached hydrogens (tertiary/aromatic N) is 5. The van der Waals surface area contributed by atoms with E-state index in [-0.39, 0.29) is 5.91 Å². The molecule has 3 heterocycles. The second-order valence-corrected chi connectivity index (χ2v) is 7.73. The molecule has 0 unspecified atom stereocenters. The first-order valence-electron chi connectivity index (χ1n) is 8.89. The topological polar surface area (TPSA) is 54.3 Å². The standard InChI is InChI=1S/C18H27N5OS/c1-5-23-8-6-7-14(16(23)15-9-20-22(4)11-15)10-21(3)18(24)17-13(2)19-12-25-17/h9,11-12,14,16H,5-8,10H2,1-4H3/t14-,16+/m0/s1. The number of likely N-dealkylation sites (tertiary alicyclic amines) is 1. The van der Waals surface area contributed by atoms with Gasteiger partial charge in [-0.05, 0) is 38.8 Å². The largest absolute Gasteiger partial charge is 0.341 e. The molecule has 0 aliphatic carbocycles. The molecule has 0 radical (unpaired) electrons. The van der Waals surface area contributed by atoms with Crippen molar-refractivity contribution in [3.05, 3.63) is 34.0 Å². The molecular formula is C18H27N5OS. The number of amides is 1. The Hall–Kier alpha value is -1.73. The first kappa shape index (κ1) is 18.1. The molecule has 6 nitrogen and oxygen atoms in total. The van der Waals surface area contributed by atoms with Crippen molar-refractivity contribution in [2.45, 2.75) is 32.7 Å². The minimum absolute atomic E-state index is 0.0820. The van der Waals surface area contributed by atoms with E-state index in [9.17, 15) is 4.79 Å². The fourth-order valence-electron chi connectivity index (χ4n) is 3.89. The normalized spacial score (nSPS) is 21.4. The van der Waals surface area contributed by atoms with Crippen molar-refractivity contribution in [3.8, 4) is 0 Å². The van der Waals surface area contributed by atoms with E-state index in [0.717, 1.165) is 36.6 Å². The van der Waals surface area contributed by atoms with Crippen LogP contribution >= 0.6 is 11.3 Å². The lowest BCUT2D eigenvalue weighted by Crippen LogP contribution is -2.43. The van der Waals surface area contributed by atoms with Crippen LogP contribution in [0.4, 0.5) is 0 Å². The Morgan fingerprint density at radius 2 is 2.28 bits per heavy atom. The van der Waals surface area contributed by atoms with Gasteiger partial charge in [-0.15, -0.1) is 11.3 Å². The molecule has 0 spiro atoms. The molecule has 3 rings (SSSR count). The van der Waals surface area contributed by atoms with E-state index in [4.69, 9.17) is 0 Å².